The van der Waals surface area contributed by atoms with Crippen molar-refractivity contribution in [1.82, 2.24) is 0 Å². The first-order chi connectivity index (χ1) is 13.2. The van der Waals surface area contributed by atoms with Crippen LogP contribution in [0.3, 0.4) is 0 Å². The van der Waals surface area contributed by atoms with E-state index in [4.69, 9.17) is 9.47 Å². The van der Waals surface area contributed by atoms with E-state index in [1.807, 2.05) is 6.92 Å². The predicted octanol–water partition coefficient (Wildman–Crippen LogP) is 5.50. The normalized spacial score (nSPS) is 23.7. The van der Waals surface area contributed by atoms with Gasteiger partial charge in [-0.15, -0.1) is 0 Å². The lowest BCUT2D eigenvalue weighted by Gasteiger charge is -2.33. The first-order valence-electron chi connectivity index (χ1n) is 10.2. The van der Waals surface area contributed by atoms with Gasteiger partial charge in [-0.05, 0) is 59.8 Å². The molecule has 3 atom stereocenters. The van der Waals surface area contributed by atoms with E-state index in [1.54, 1.807) is 7.11 Å². The summed E-state index contributed by atoms with van der Waals surface area (Å²) < 4.78 is 10.5. The van der Waals surface area contributed by atoms with Crippen LogP contribution in [0.15, 0.2) is 46.5 Å². The lowest BCUT2D eigenvalue weighted by Crippen LogP contribution is -2.41. The maximum atomic E-state index is 12.4. The molecule has 0 saturated heterocycles. The van der Waals surface area contributed by atoms with E-state index >= 15 is 0 Å². The SMILES string of the molecule is COC1=C(OC)[C@H](C)[C@@H](C/C=C(\C)CC/C=C(\C)CCC=C(C)C)[C@@H](O)C1=O. The van der Waals surface area contributed by atoms with E-state index in [2.05, 4.69) is 45.9 Å². The number of ketones is 1. The van der Waals surface area contributed by atoms with Crippen LogP contribution in [0.4, 0.5) is 0 Å². The third-order valence-electron chi connectivity index (χ3n) is 5.46. The minimum absolute atomic E-state index is 0.0751. The molecule has 0 aliphatic heterocycles. The van der Waals surface area contributed by atoms with Gasteiger partial charge in [0, 0.05) is 11.8 Å². The standard InChI is InChI=1S/C24H38O4/c1-16(2)10-8-11-17(3)12-9-13-18(4)14-15-20-19(5)23(27-6)24(28-7)22(26)21(20)25/h10,12,14,19-21,25H,8-9,11,13,15H2,1-7H3/b17-12+,18-14+/t19-,20-,21-/m1/s1. The molecule has 1 N–H and O–H groups in total. The Labute approximate surface area is 171 Å². The van der Waals surface area contributed by atoms with Gasteiger partial charge >= 0.3 is 0 Å². The van der Waals surface area contributed by atoms with Crippen molar-refractivity contribution in [3.05, 3.63) is 46.5 Å². The number of hydrogen-bond acceptors (Lipinski definition) is 4. The zero-order chi connectivity index (χ0) is 21.3. The number of rotatable bonds is 10. The van der Waals surface area contributed by atoms with Crippen LogP contribution in [0.1, 0.15) is 66.7 Å². The molecule has 0 unspecified atom stereocenters. The first kappa shape index (κ1) is 24.2. The van der Waals surface area contributed by atoms with Gasteiger partial charge in [0.2, 0.25) is 11.5 Å². The average Bonchev–Trinajstić information content (AvgIpc) is 2.64. The van der Waals surface area contributed by atoms with Gasteiger partial charge < -0.3 is 14.6 Å². The summed E-state index contributed by atoms with van der Waals surface area (Å²) in [5.41, 5.74) is 4.07. The van der Waals surface area contributed by atoms with Gasteiger partial charge in [0.15, 0.2) is 0 Å². The van der Waals surface area contributed by atoms with Gasteiger partial charge in [0.25, 0.3) is 0 Å². The average molecular weight is 391 g/mol. The van der Waals surface area contributed by atoms with Gasteiger partial charge in [-0.3, -0.25) is 4.79 Å². The Morgan fingerprint density at radius 3 is 2.07 bits per heavy atom. The number of Topliss-reactive ketones (excluding diaryl/α,β-unsaturated/α-hetero) is 1. The molecule has 0 fully saturated rings. The molecule has 158 valence electrons. The second kappa shape index (κ2) is 11.9. The number of hydrogen-bond donors (Lipinski definition) is 1. The van der Waals surface area contributed by atoms with Crippen LogP contribution in [-0.4, -0.2) is 31.2 Å². The number of aliphatic hydroxyl groups excluding tert-OH is 1. The van der Waals surface area contributed by atoms with Crippen molar-refractivity contribution < 1.29 is 19.4 Å². The fourth-order valence-corrected chi connectivity index (χ4v) is 3.61. The summed E-state index contributed by atoms with van der Waals surface area (Å²) in [4.78, 5) is 12.4. The number of methoxy groups -OCH3 is 2. The Balaban J connectivity index is 2.64. The molecule has 0 heterocycles. The first-order valence-corrected chi connectivity index (χ1v) is 10.2. The number of carbonyl (C=O) groups excluding carboxylic acids is 1. The topological polar surface area (TPSA) is 55.8 Å². The van der Waals surface area contributed by atoms with E-state index in [9.17, 15) is 9.90 Å². The van der Waals surface area contributed by atoms with Crippen LogP contribution in [0, 0.1) is 11.8 Å². The lowest BCUT2D eigenvalue weighted by molar-refractivity contribution is -0.133. The van der Waals surface area contributed by atoms with E-state index in [-0.39, 0.29) is 23.4 Å². The van der Waals surface area contributed by atoms with Crippen molar-refractivity contribution in [2.45, 2.75) is 72.8 Å². The smallest absolute Gasteiger partial charge is 0.229 e. The third kappa shape index (κ3) is 6.97. The highest BCUT2D eigenvalue weighted by Crippen LogP contribution is 2.36. The molecule has 0 saturated carbocycles. The Kier molecular flexibility index (Phi) is 10.3. The molecule has 1 aliphatic rings. The van der Waals surface area contributed by atoms with Gasteiger partial charge in [-0.25, -0.2) is 0 Å². The molecule has 0 aromatic heterocycles. The second-order valence-electron chi connectivity index (χ2n) is 8.06. The number of aliphatic hydroxyl groups is 1. The van der Waals surface area contributed by atoms with Crippen molar-refractivity contribution in [1.29, 1.82) is 0 Å². The second-order valence-corrected chi connectivity index (χ2v) is 8.06. The van der Waals surface area contributed by atoms with E-state index < -0.39 is 6.10 Å². The summed E-state index contributed by atoms with van der Waals surface area (Å²) in [6.07, 6.45) is 10.5. The maximum absolute atomic E-state index is 12.4. The highest BCUT2D eigenvalue weighted by Gasteiger charge is 2.42. The van der Waals surface area contributed by atoms with Crippen molar-refractivity contribution in [3.8, 4) is 0 Å². The van der Waals surface area contributed by atoms with Crippen LogP contribution < -0.4 is 0 Å². The third-order valence-corrected chi connectivity index (χ3v) is 5.46. The molecule has 0 bridgehead atoms. The molecule has 0 radical (unpaired) electrons. The van der Waals surface area contributed by atoms with Gasteiger partial charge in [0.05, 0.1) is 14.2 Å². The molecule has 0 aromatic carbocycles. The molecular weight excluding hydrogens is 352 g/mol. The van der Waals surface area contributed by atoms with E-state index in [1.165, 1.54) is 23.8 Å². The molecule has 4 nitrogen and oxygen atoms in total. The summed E-state index contributed by atoms with van der Waals surface area (Å²) >= 11 is 0. The van der Waals surface area contributed by atoms with Gasteiger partial charge in [-0.1, -0.05) is 41.9 Å². The minimum Gasteiger partial charge on any atom is -0.497 e. The fraction of sp³-hybridized carbons (Fsp3) is 0.625. The van der Waals surface area contributed by atoms with Crippen LogP contribution in [0.2, 0.25) is 0 Å². The Morgan fingerprint density at radius 1 is 0.964 bits per heavy atom. The molecule has 0 aromatic rings. The van der Waals surface area contributed by atoms with Crippen LogP contribution >= 0.6 is 0 Å². The van der Waals surface area contributed by atoms with E-state index in [0.717, 1.165) is 25.7 Å². The van der Waals surface area contributed by atoms with Crippen molar-refractivity contribution >= 4 is 5.78 Å². The fourth-order valence-electron chi connectivity index (χ4n) is 3.61. The molecule has 1 rings (SSSR count). The molecule has 0 amide bonds. The molecule has 0 spiro atoms. The Hall–Kier alpha value is -1.81. The maximum Gasteiger partial charge on any atom is 0.229 e. The highest BCUT2D eigenvalue weighted by molar-refractivity contribution is 5.98. The predicted molar refractivity (Wildman–Crippen MR) is 115 cm³/mol. The zero-order valence-corrected chi connectivity index (χ0v) is 18.7. The van der Waals surface area contributed by atoms with Gasteiger partial charge in [-0.2, -0.15) is 0 Å². The van der Waals surface area contributed by atoms with Crippen molar-refractivity contribution in [2.75, 3.05) is 14.2 Å². The number of ether oxygens (including phenoxy) is 2. The summed E-state index contributed by atoms with van der Waals surface area (Å²) in [5, 5.41) is 10.4. The number of carbonyl (C=O) groups is 1. The molecule has 1 aliphatic carbocycles. The summed E-state index contributed by atoms with van der Waals surface area (Å²) in [7, 11) is 2.98. The monoisotopic (exact) mass is 390 g/mol. The molecular formula is C24H38O4. The molecule has 4 heteroatoms. The van der Waals surface area contributed by atoms with E-state index in [0.29, 0.717) is 12.2 Å². The largest absolute Gasteiger partial charge is 0.497 e. The van der Waals surface area contributed by atoms with Gasteiger partial charge in [0.1, 0.15) is 11.9 Å². The Bertz CT molecular complexity index is 648. The van der Waals surface area contributed by atoms with Crippen LogP contribution in [0.5, 0.6) is 0 Å². The molecule has 28 heavy (non-hydrogen) atoms. The summed E-state index contributed by atoms with van der Waals surface area (Å²) in [6, 6.07) is 0. The summed E-state index contributed by atoms with van der Waals surface area (Å²) in [5.74, 6) is 0.0203. The minimum atomic E-state index is -1.05. The lowest BCUT2D eigenvalue weighted by atomic mass is 9.77. The van der Waals surface area contributed by atoms with Crippen LogP contribution in [0.25, 0.3) is 0 Å². The highest BCUT2D eigenvalue weighted by atomic mass is 16.5. The van der Waals surface area contributed by atoms with Crippen molar-refractivity contribution in [2.24, 2.45) is 11.8 Å². The Morgan fingerprint density at radius 2 is 1.54 bits per heavy atom. The van der Waals surface area contributed by atoms with Crippen LogP contribution in [-0.2, 0) is 14.3 Å². The van der Waals surface area contributed by atoms with Crippen molar-refractivity contribution in [3.63, 3.8) is 0 Å². The zero-order valence-electron chi connectivity index (χ0n) is 18.7. The summed E-state index contributed by atoms with van der Waals surface area (Å²) in [6.45, 7) is 10.5. The quantitative estimate of drug-likeness (QED) is 0.501. The number of allylic oxidation sites excluding steroid dienone is 7.